The predicted molar refractivity (Wildman–Crippen MR) is 84.4 cm³/mol. The first kappa shape index (κ1) is 17.4. The van der Waals surface area contributed by atoms with Crippen LogP contribution in [0.2, 0.25) is 0 Å². The van der Waals surface area contributed by atoms with E-state index in [1.165, 1.54) is 12.1 Å². The van der Waals surface area contributed by atoms with Crippen LogP contribution in [0, 0.1) is 5.82 Å². The molecule has 0 atom stereocenters. The van der Waals surface area contributed by atoms with E-state index in [-0.39, 0.29) is 10.4 Å². The molecule has 1 aromatic rings. The van der Waals surface area contributed by atoms with Crippen LogP contribution in [0.25, 0.3) is 0 Å². The summed E-state index contributed by atoms with van der Waals surface area (Å²) >= 11 is 0. The lowest BCUT2D eigenvalue weighted by atomic mass is 9.79. The highest BCUT2D eigenvalue weighted by molar-refractivity contribution is 7.92. The monoisotopic (exact) mass is 328 g/mol. The molecule has 0 saturated carbocycles. The van der Waals surface area contributed by atoms with Crippen LogP contribution in [-0.2, 0) is 19.1 Å². The van der Waals surface area contributed by atoms with E-state index in [9.17, 15) is 12.8 Å². The Morgan fingerprint density at radius 3 is 2.00 bits per heavy atom. The predicted octanol–water partition coefficient (Wildman–Crippen LogP) is 2.31. The molecule has 0 unspecified atom stereocenters. The molecule has 2 rings (SSSR count). The normalized spacial score (nSPS) is 20.6. The molecule has 0 N–H and O–H groups in total. The van der Waals surface area contributed by atoms with E-state index in [1.54, 1.807) is 13.8 Å². The van der Waals surface area contributed by atoms with Gasteiger partial charge >= 0.3 is 7.12 Å². The fourth-order valence-corrected chi connectivity index (χ4v) is 3.19. The summed E-state index contributed by atoms with van der Waals surface area (Å²) in [6, 6.07) is 3.86. The van der Waals surface area contributed by atoms with Crippen molar-refractivity contribution in [1.82, 2.24) is 0 Å². The van der Waals surface area contributed by atoms with E-state index < -0.39 is 39.2 Å². The van der Waals surface area contributed by atoms with Gasteiger partial charge in [0.15, 0.2) is 9.84 Å². The van der Waals surface area contributed by atoms with E-state index >= 15 is 0 Å². The van der Waals surface area contributed by atoms with Crippen molar-refractivity contribution in [3.05, 3.63) is 24.0 Å². The minimum Gasteiger partial charge on any atom is -0.399 e. The van der Waals surface area contributed by atoms with Crippen molar-refractivity contribution in [3.63, 3.8) is 0 Å². The number of hydrogen-bond acceptors (Lipinski definition) is 4. The molecule has 1 aliphatic rings. The topological polar surface area (TPSA) is 52.6 Å². The van der Waals surface area contributed by atoms with Crippen molar-refractivity contribution in [3.8, 4) is 0 Å². The van der Waals surface area contributed by atoms with E-state index in [2.05, 4.69) is 0 Å². The Labute approximate surface area is 132 Å². The van der Waals surface area contributed by atoms with Crippen LogP contribution in [0.15, 0.2) is 23.1 Å². The second-order valence-electron chi connectivity index (χ2n) is 6.87. The Balaban J connectivity index is 2.37. The maximum atomic E-state index is 14.4. The molecule has 1 aliphatic heterocycles. The molecule has 4 nitrogen and oxygen atoms in total. The van der Waals surface area contributed by atoms with E-state index in [1.807, 2.05) is 27.7 Å². The summed E-state index contributed by atoms with van der Waals surface area (Å²) in [6.45, 7) is 10.6. The third kappa shape index (κ3) is 2.82. The van der Waals surface area contributed by atoms with Gasteiger partial charge in [-0.3, -0.25) is 0 Å². The molecule has 122 valence electrons. The quantitative estimate of drug-likeness (QED) is 0.799. The van der Waals surface area contributed by atoms with Gasteiger partial charge in [-0.15, -0.1) is 0 Å². The van der Waals surface area contributed by atoms with E-state index in [0.717, 1.165) is 6.07 Å². The summed E-state index contributed by atoms with van der Waals surface area (Å²) in [6.07, 6.45) is 0. The molecule has 0 spiro atoms. The van der Waals surface area contributed by atoms with Crippen molar-refractivity contribution in [1.29, 1.82) is 0 Å². The second kappa shape index (κ2) is 5.32. The third-order valence-corrected chi connectivity index (χ3v) is 6.58. The minimum atomic E-state index is -3.51. The van der Waals surface area contributed by atoms with E-state index in [4.69, 9.17) is 9.31 Å². The Hall–Kier alpha value is -0.915. The summed E-state index contributed by atoms with van der Waals surface area (Å²) in [4.78, 5) is -0.0275. The van der Waals surface area contributed by atoms with Crippen molar-refractivity contribution in [2.75, 3.05) is 0 Å². The smallest absolute Gasteiger partial charge is 0.399 e. The maximum Gasteiger partial charge on any atom is 0.497 e. The summed E-state index contributed by atoms with van der Waals surface area (Å²) in [7, 11) is -4.35. The van der Waals surface area contributed by atoms with Crippen molar-refractivity contribution < 1.29 is 22.1 Å². The van der Waals surface area contributed by atoms with Gasteiger partial charge in [0.1, 0.15) is 5.82 Å². The van der Waals surface area contributed by atoms with Crippen LogP contribution in [0.3, 0.4) is 0 Å². The number of halogens is 1. The zero-order chi connectivity index (χ0) is 16.9. The number of sulfone groups is 1. The highest BCUT2D eigenvalue weighted by Gasteiger charge is 2.52. The maximum absolute atomic E-state index is 14.4. The summed E-state index contributed by atoms with van der Waals surface area (Å²) in [5.74, 6) is -0.639. The highest BCUT2D eigenvalue weighted by Crippen LogP contribution is 2.36. The molecule has 22 heavy (non-hydrogen) atoms. The Morgan fingerprint density at radius 2 is 1.59 bits per heavy atom. The van der Waals surface area contributed by atoms with Gasteiger partial charge in [0, 0.05) is 5.46 Å². The fraction of sp³-hybridized carbons (Fsp3) is 0.600. The average Bonchev–Trinajstić information content (AvgIpc) is 2.57. The number of hydrogen-bond donors (Lipinski definition) is 0. The van der Waals surface area contributed by atoms with E-state index in [0.29, 0.717) is 0 Å². The molecule has 1 saturated heterocycles. The third-order valence-electron chi connectivity index (χ3n) is 4.43. The Morgan fingerprint density at radius 1 is 1.09 bits per heavy atom. The summed E-state index contributed by atoms with van der Waals surface area (Å²) in [5.41, 5.74) is -0.944. The molecule has 0 aromatic heterocycles. The molecular weight excluding hydrogens is 306 g/mol. The largest absolute Gasteiger partial charge is 0.497 e. The molecule has 1 fully saturated rings. The van der Waals surface area contributed by atoms with Crippen molar-refractivity contribution in [2.45, 2.75) is 62.9 Å². The van der Waals surface area contributed by atoms with Crippen LogP contribution < -0.4 is 5.46 Å². The zero-order valence-corrected chi connectivity index (χ0v) is 14.6. The first-order valence-corrected chi connectivity index (χ1v) is 8.82. The van der Waals surface area contributed by atoms with Gasteiger partial charge in [-0.2, -0.15) is 0 Å². The van der Waals surface area contributed by atoms with Gasteiger partial charge in [-0.1, -0.05) is 6.07 Å². The van der Waals surface area contributed by atoms with Crippen LogP contribution in [0.5, 0.6) is 0 Å². The molecule has 0 bridgehead atoms. The van der Waals surface area contributed by atoms with Crippen molar-refractivity contribution in [2.24, 2.45) is 0 Å². The summed E-state index contributed by atoms with van der Waals surface area (Å²) in [5, 5.41) is -0.602. The molecule has 0 amide bonds. The van der Waals surface area contributed by atoms with Gasteiger partial charge in [0.2, 0.25) is 0 Å². The van der Waals surface area contributed by atoms with Crippen LogP contribution >= 0.6 is 0 Å². The lowest BCUT2D eigenvalue weighted by Gasteiger charge is -2.32. The van der Waals surface area contributed by atoms with Crippen LogP contribution in [0.1, 0.15) is 41.5 Å². The minimum absolute atomic E-state index is 0.0275. The first-order valence-electron chi connectivity index (χ1n) is 7.27. The molecule has 0 radical (unpaired) electrons. The lowest BCUT2D eigenvalue weighted by molar-refractivity contribution is 0.00578. The second-order valence-corrected chi connectivity index (χ2v) is 9.37. The SMILES string of the molecule is CC(C)S(=O)(=O)c1ccc(B2OC(C)(C)C(C)(C)O2)c(F)c1. The molecule has 7 heteroatoms. The Bertz CT molecular complexity index is 667. The molecule has 0 aliphatic carbocycles. The van der Waals surface area contributed by atoms with Gasteiger partial charge in [-0.25, -0.2) is 12.8 Å². The molecular formula is C15H22BFO4S. The van der Waals surface area contributed by atoms with Gasteiger partial charge in [0.05, 0.1) is 21.3 Å². The van der Waals surface area contributed by atoms with Gasteiger partial charge < -0.3 is 9.31 Å². The number of benzene rings is 1. The molecule has 1 aromatic carbocycles. The van der Waals surface area contributed by atoms with Gasteiger partial charge in [-0.05, 0) is 53.7 Å². The fourth-order valence-electron chi connectivity index (χ4n) is 2.12. The standard InChI is InChI=1S/C15H22BFO4S/c1-10(2)22(18,19)11-7-8-12(13(17)9-11)16-20-14(3,4)15(5,6)21-16/h7-10H,1-6H3. The van der Waals surface area contributed by atoms with Crippen molar-refractivity contribution >= 4 is 22.4 Å². The zero-order valence-electron chi connectivity index (χ0n) is 13.8. The van der Waals surface area contributed by atoms with Crippen LogP contribution in [-0.4, -0.2) is 32.0 Å². The Kier molecular flexibility index (Phi) is 4.22. The average molecular weight is 328 g/mol. The number of rotatable bonds is 3. The summed E-state index contributed by atoms with van der Waals surface area (Å²) < 4.78 is 50.1. The molecule has 1 heterocycles. The first-order chi connectivity index (χ1) is 9.88. The van der Waals surface area contributed by atoms with Gasteiger partial charge in [0.25, 0.3) is 0 Å². The lowest BCUT2D eigenvalue weighted by Crippen LogP contribution is -2.41. The highest BCUT2D eigenvalue weighted by atomic mass is 32.2. The van der Waals surface area contributed by atoms with Crippen LogP contribution in [0.4, 0.5) is 4.39 Å².